The summed E-state index contributed by atoms with van der Waals surface area (Å²) in [6, 6.07) is 0. The van der Waals surface area contributed by atoms with Crippen molar-refractivity contribution >= 4 is 0 Å². The molecular weight excluding hydrogens is 246 g/mol. The van der Waals surface area contributed by atoms with E-state index in [0.717, 1.165) is 42.2 Å². The molecule has 0 aromatic carbocycles. The summed E-state index contributed by atoms with van der Waals surface area (Å²) in [6.45, 7) is 2.40. The lowest BCUT2D eigenvalue weighted by molar-refractivity contribution is 0.0101. The SMILES string of the molecule is C[C@]12CC[C@H]3[C@@H](CC=C4C[C@@H](O)CC[C@@H]43)[C@@H]1CC=C2N. The van der Waals surface area contributed by atoms with Gasteiger partial charge in [-0.25, -0.2) is 0 Å². The molecule has 4 aliphatic rings. The Morgan fingerprint density at radius 1 is 1.15 bits per heavy atom. The van der Waals surface area contributed by atoms with Crippen molar-refractivity contribution in [2.75, 3.05) is 0 Å². The molecule has 0 radical (unpaired) electrons. The van der Waals surface area contributed by atoms with Crippen LogP contribution in [0.5, 0.6) is 0 Å². The Balaban J connectivity index is 1.63. The molecule has 4 rings (SSSR count). The number of aliphatic hydroxyl groups excluding tert-OH is 1. The quantitative estimate of drug-likeness (QED) is 0.665. The fourth-order valence-corrected chi connectivity index (χ4v) is 5.85. The van der Waals surface area contributed by atoms with E-state index in [4.69, 9.17) is 5.73 Å². The first kappa shape index (κ1) is 12.9. The molecule has 0 bridgehead atoms. The summed E-state index contributed by atoms with van der Waals surface area (Å²) in [7, 11) is 0. The van der Waals surface area contributed by atoms with E-state index in [1.165, 1.54) is 32.1 Å². The number of fused-ring (bicyclic) bond motifs is 5. The number of hydrogen-bond donors (Lipinski definition) is 2. The second kappa shape index (κ2) is 4.37. The van der Waals surface area contributed by atoms with E-state index in [0.29, 0.717) is 0 Å². The van der Waals surface area contributed by atoms with Gasteiger partial charge in [-0.3, -0.25) is 0 Å². The van der Waals surface area contributed by atoms with Crippen LogP contribution in [-0.4, -0.2) is 11.2 Å². The molecule has 0 aromatic rings. The van der Waals surface area contributed by atoms with Crippen LogP contribution in [0.15, 0.2) is 23.4 Å². The van der Waals surface area contributed by atoms with Gasteiger partial charge in [0.15, 0.2) is 0 Å². The van der Waals surface area contributed by atoms with Crippen molar-refractivity contribution in [1.82, 2.24) is 0 Å². The highest BCUT2D eigenvalue weighted by Gasteiger charge is 2.52. The maximum absolute atomic E-state index is 9.90. The first-order chi connectivity index (χ1) is 9.59. The topological polar surface area (TPSA) is 46.2 Å². The van der Waals surface area contributed by atoms with E-state index in [1.54, 1.807) is 5.57 Å². The molecule has 2 saturated carbocycles. The van der Waals surface area contributed by atoms with E-state index in [1.807, 2.05) is 0 Å². The normalized spacial score (nSPS) is 50.6. The van der Waals surface area contributed by atoms with Crippen LogP contribution in [0.4, 0.5) is 0 Å². The fraction of sp³-hybridized carbons (Fsp3) is 0.778. The minimum absolute atomic E-state index is 0.0771. The van der Waals surface area contributed by atoms with Crippen molar-refractivity contribution < 1.29 is 5.11 Å². The van der Waals surface area contributed by atoms with Crippen LogP contribution in [0, 0.1) is 29.1 Å². The predicted octanol–water partition coefficient (Wildman–Crippen LogP) is 3.37. The van der Waals surface area contributed by atoms with E-state index >= 15 is 0 Å². The Morgan fingerprint density at radius 2 is 2.00 bits per heavy atom. The van der Waals surface area contributed by atoms with Crippen LogP contribution < -0.4 is 5.73 Å². The zero-order chi connectivity index (χ0) is 13.9. The van der Waals surface area contributed by atoms with Crippen LogP contribution in [0.1, 0.15) is 51.9 Å². The molecule has 6 atom stereocenters. The van der Waals surface area contributed by atoms with Gasteiger partial charge in [0.25, 0.3) is 0 Å². The van der Waals surface area contributed by atoms with E-state index < -0.39 is 0 Å². The Bertz CT molecular complexity index is 480. The lowest BCUT2D eigenvalue weighted by atomic mass is 9.52. The standard InChI is InChI=1S/C18H27NO/c1-18-9-8-14-13-5-3-12(20)10-11(13)2-4-15(14)16(18)6-7-17(18)19/h2,7,12-16,20H,3-6,8-10,19H2,1H3/t12-,13-,14+,15+,16-,18-/m0/s1. The molecule has 2 fully saturated rings. The number of nitrogens with two attached hydrogens (primary N) is 1. The second-order valence-electron chi connectivity index (χ2n) is 7.84. The first-order valence-electron chi connectivity index (χ1n) is 8.42. The van der Waals surface area contributed by atoms with Gasteiger partial charge in [-0.15, -0.1) is 0 Å². The van der Waals surface area contributed by atoms with Crippen LogP contribution in [0.25, 0.3) is 0 Å². The highest BCUT2D eigenvalue weighted by Crippen LogP contribution is 2.60. The van der Waals surface area contributed by atoms with Gasteiger partial charge in [0.2, 0.25) is 0 Å². The lowest BCUT2D eigenvalue weighted by Crippen LogP contribution is -2.46. The van der Waals surface area contributed by atoms with Crippen molar-refractivity contribution in [2.45, 2.75) is 58.0 Å². The van der Waals surface area contributed by atoms with Gasteiger partial charge in [0.1, 0.15) is 0 Å². The minimum Gasteiger partial charge on any atom is -0.402 e. The van der Waals surface area contributed by atoms with Crippen molar-refractivity contribution in [1.29, 1.82) is 0 Å². The van der Waals surface area contributed by atoms with Gasteiger partial charge < -0.3 is 10.8 Å². The largest absolute Gasteiger partial charge is 0.402 e. The molecule has 0 aromatic heterocycles. The third kappa shape index (κ3) is 1.67. The molecule has 0 spiro atoms. The zero-order valence-electron chi connectivity index (χ0n) is 12.5. The van der Waals surface area contributed by atoms with E-state index in [2.05, 4.69) is 19.1 Å². The van der Waals surface area contributed by atoms with Gasteiger partial charge in [0.05, 0.1) is 6.10 Å². The Hall–Kier alpha value is -0.760. The number of rotatable bonds is 0. The Morgan fingerprint density at radius 3 is 2.85 bits per heavy atom. The van der Waals surface area contributed by atoms with Gasteiger partial charge in [-0.1, -0.05) is 24.6 Å². The van der Waals surface area contributed by atoms with Crippen LogP contribution in [-0.2, 0) is 0 Å². The van der Waals surface area contributed by atoms with Crippen LogP contribution >= 0.6 is 0 Å². The monoisotopic (exact) mass is 273 g/mol. The third-order valence-electron chi connectivity index (χ3n) is 7.06. The Labute approximate surface area is 122 Å². The summed E-state index contributed by atoms with van der Waals surface area (Å²) in [5, 5.41) is 9.90. The third-order valence-corrected chi connectivity index (χ3v) is 7.06. The van der Waals surface area contributed by atoms with Crippen LogP contribution in [0.2, 0.25) is 0 Å². The summed E-state index contributed by atoms with van der Waals surface area (Å²) in [5.74, 6) is 3.23. The molecular formula is C18H27NO. The molecule has 0 unspecified atom stereocenters. The molecule has 110 valence electrons. The fourth-order valence-electron chi connectivity index (χ4n) is 5.85. The zero-order valence-corrected chi connectivity index (χ0v) is 12.5. The summed E-state index contributed by atoms with van der Waals surface area (Å²) < 4.78 is 0. The number of aliphatic hydroxyl groups is 1. The number of hydrogen-bond acceptors (Lipinski definition) is 2. The summed E-state index contributed by atoms with van der Waals surface area (Å²) in [5.41, 5.74) is 9.32. The smallest absolute Gasteiger partial charge is 0.0577 e. The maximum atomic E-state index is 9.90. The minimum atomic E-state index is -0.0771. The van der Waals surface area contributed by atoms with Crippen molar-refractivity contribution in [3.8, 4) is 0 Å². The van der Waals surface area contributed by atoms with Gasteiger partial charge >= 0.3 is 0 Å². The summed E-state index contributed by atoms with van der Waals surface area (Å²) in [4.78, 5) is 0. The highest BCUT2D eigenvalue weighted by molar-refractivity contribution is 5.26. The molecule has 4 aliphatic carbocycles. The average molecular weight is 273 g/mol. The van der Waals surface area contributed by atoms with E-state index in [-0.39, 0.29) is 11.5 Å². The summed E-state index contributed by atoms with van der Waals surface area (Å²) in [6.07, 6.45) is 12.9. The maximum Gasteiger partial charge on any atom is 0.0577 e. The molecule has 0 amide bonds. The highest BCUT2D eigenvalue weighted by atomic mass is 16.3. The van der Waals surface area contributed by atoms with Gasteiger partial charge in [0, 0.05) is 11.1 Å². The summed E-state index contributed by atoms with van der Waals surface area (Å²) >= 11 is 0. The van der Waals surface area contributed by atoms with Crippen LogP contribution in [0.3, 0.4) is 0 Å². The van der Waals surface area contributed by atoms with Gasteiger partial charge in [-0.2, -0.15) is 0 Å². The second-order valence-corrected chi connectivity index (χ2v) is 7.84. The van der Waals surface area contributed by atoms with Gasteiger partial charge in [-0.05, 0) is 68.6 Å². The molecule has 2 heteroatoms. The molecule has 0 saturated heterocycles. The lowest BCUT2D eigenvalue weighted by Gasteiger charge is -2.52. The average Bonchev–Trinajstić information content (AvgIpc) is 2.74. The first-order valence-corrected chi connectivity index (χ1v) is 8.42. The molecule has 20 heavy (non-hydrogen) atoms. The predicted molar refractivity (Wildman–Crippen MR) is 80.7 cm³/mol. The number of allylic oxidation sites excluding steroid dienone is 3. The van der Waals surface area contributed by atoms with Crippen molar-refractivity contribution in [3.63, 3.8) is 0 Å². The Kier molecular flexibility index (Phi) is 2.82. The molecule has 0 aliphatic heterocycles. The van der Waals surface area contributed by atoms with Crippen molar-refractivity contribution in [3.05, 3.63) is 23.4 Å². The molecule has 0 heterocycles. The van der Waals surface area contributed by atoms with E-state index in [9.17, 15) is 5.11 Å². The molecule has 3 N–H and O–H groups in total. The van der Waals surface area contributed by atoms with Crippen molar-refractivity contribution in [2.24, 2.45) is 34.8 Å². The molecule has 2 nitrogen and oxygen atoms in total.